The normalized spacial score (nSPS) is 24.0. The van der Waals surface area contributed by atoms with E-state index >= 15 is 0 Å². The molecule has 0 bridgehead atoms. The van der Waals surface area contributed by atoms with Crippen molar-refractivity contribution in [2.75, 3.05) is 46.3 Å². The van der Waals surface area contributed by atoms with Gasteiger partial charge in [-0.1, -0.05) is 30.3 Å². The Hall–Kier alpha value is -1.88. The lowest BCUT2D eigenvalue weighted by Gasteiger charge is -2.37. The summed E-state index contributed by atoms with van der Waals surface area (Å²) in [5.41, 5.74) is 1.41. The second-order valence-corrected chi connectivity index (χ2v) is 10.4. The Morgan fingerprint density at radius 3 is 2.19 bits per heavy atom. The first-order valence-electron chi connectivity index (χ1n) is 12.9. The molecule has 3 saturated heterocycles. The van der Waals surface area contributed by atoms with Crippen molar-refractivity contribution in [2.24, 2.45) is 17.8 Å². The van der Waals surface area contributed by atoms with Crippen LogP contribution in [0.15, 0.2) is 30.3 Å². The summed E-state index contributed by atoms with van der Waals surface area (Å²) in [4.78, 5) is 32.1. The van der Waals surface area contributed by atoms with Crippen LogP contribution in [0.3, 0.4) is 0 Å². The maximum Gasteiger partial charge on any atom is 0.226 e. The fourth-order valence-electron chi connectivity index (χ4n) is 5.89. The first-order chi connectivity index (χ1) is 15.6. The molecule has 2 amide bonds. The predicted octanol–water partition coefficient (Wildman–Crippen LogP) is 3.83. The molecule has 0 N–H and O–H groups in total. The van der Waals surface area contributed by atoms with Crippen LogP contribution in [0.1, 0.15) is 56.9 Å². The third-order valence-corrected chi connectivity index (χ3v) is 8.00. The summed E-state index contributed by atoms with van der Waals surface area (Å²) < 4.78 is 0. The van der Waals surface area contributed by atoms with Gasteiger partial charge in [0.2, 0.25) is 11.8 Å². The van der Waals surface area contributed by atoms with E-state index in [0.717, 1.165) is 90.6 Å². The van der Waals surface area contributed by atoms with Gasteiger partial charge in [0.1, 0.15) is 0 Å². The highest BCUT2D eigenvalue weighted by molar-refractivity contribution is 5.79. The van der Waals surface area contributed by atoms with Gasteiger partial charge in [-0.25, -0.2) is 0 Å². The highest BCUT2D eigenvalue weighted by Gasteiger charge is 2.31. The molecule has 1 atom stereocenters. The van der Waals surface area contributed by atoms with Crippen molar-refractivity contribution in [3.8, 4) is 0 Å². The number of carbonyl (C=O) groups is 2. The minimum Gasteiger partial charge on any atom is -0.343 e. The maximum atomic E-state index is 12.9. The van der Waals surface area contributed by atoms with E-state index in [9.17, 15) is 9.59 Å². The highest BCUT2D eigenvalue weighted by Crippen LogP contribution is 2.27. The van der Waals surface area contributed by atoms with E-state index in [0.29, 0.717) is 30.1 Å². The Morgan fingerprint density at radius 2 is 1.50 bits per heavy atom. The monoisotopic (exact) mass is 439 g/mol. The van der Waals surface area contributed by atoms with Crippen LogP contribution in [0.25, 0.3) is 0 Å². The van der Waals surface area contributed by atoms with Crippen LogP contribution in [0, 0.1) is 17.8 Å². The smallest absolute Gasteiger partial charge is 0.226 e. The fraction of sp³-hybridized carbons (Fsp3) is 0.704. The van der Waals surface area contributed by atoms with Gasteiger partial charge < -0.3 is 14.7 Å². The molecule has 32 heavy (non-hydrogen) atoms. The van der Waals surface area contributed by atoms with Gasteiger partial charge in [-0.15, -0.1) is 0 Å². The molecule has 1 aromatic rings. The summed E-state index contributed by atoms with van der Waals surface area (Å²) in [5, 5.41) is 0. The van der Waals surface area contributed by atoms with E-state index in [4.69, 9.17) is 0 Å². The molecule has 3 aliphatic rings. The number of benzene rings is 1. The summed E-state index contributed by atoms with van der Waals surface area (Å²) in [7, 11) is 2.12. The van der Waals surface area contributed by atoms with Gasteiger partial charge in [0.05, 0.1) is 5.92 Å². The molecule has 3 aliphatic heterocycles. The van der Waals surface area contributed by atoms with E-state index in [1.165, 1.54) is 5.56 Å². The van der Waals surface area contributed by atoms with Gasteiger partial charge >= 0.3 is 0 Å². The molecule has 0 saturated carbocycles. The third kappa shape index (κ3) is 6.34. The first kappa shape index (κ1) is 23.3. The summed E-state index contributed by atoms with van der Waals surface area (Å²) in [6.45, 7) is 5.61. The second kappa shape index (κ2) is 11.3. The van der Waals surface area contributed by atoms with Crippen molar-refractivity contribution in [1.82, 2.24) is 14.7 Å². The molecule has 1 aromatic carbocycles. The Labute approximate surface area is 194 Å². The fourth-order valence-corrected chi connectivity index (χ4v) is 5.89. The van der Waals surface area contributed by atoms with Crippen LogP contribution < -0.4 is 0 Å². The van der Waals surface area contributed by atoms with E-state index in [2.05, 4.69) is 52.1 Å². The van der Waals surface area contributed by atoms with Crippen molar-refractivity contribution in [3.63, 3.8) is 0 Å². The molecular formula is C27H41N3O2. The van der Waals surface area contributed by atoms with E-state index < -0.39 is 0 Å². The lowest BCUT2D eigenvalue weighted by molar-refractivity contribution is -0.139. The Morgan fingerprint density at radius 1 is 0.844 bits per heavy atom. The Balaban J connectivity index is 1.12. The molecular weight excluding hydrogens is 398 g/mol. The molecule has 0 unspecified atom stereocenters. The van der Waals surface area contributed by atoms with Gasteiger partial charge in [-0.3, -0.25) is 9.59 Å². The lowest BCUT2D eigenvalue weighted by Crippen LogP contribution is -2.46. The van der Waals surface area contributed by atoms with Gasteiger partial charge in [0.25, 0.3) is 0 Å². The van der Waals surface area contributed by atoms with Crippen molar-refractivity contribution in [3.05, 3.63) is 35.9 Å². The summed E-state index contributed by atoms with van der Waals surface area (Å²) >= 11 is 0. The predicted molar refractivity (Wildman–Crippen MR) is 128 cm³/mol. The summed E-state index contributed by atoms with van der Waals surface area (Å²) in [6, 6.07) is 10.7. The van der Waals surface area contributed by atoms with Crippen LogP contribution in [0.5, 0.6) is 0 Å². The van der Waals surface area contributed by atoms with Crippen LogP contribution in [-0.2, 0) is 16.0 Å². The molecule has 3 heterocycles. The number of rotatable bonds is 6. The zero-order valence-corrected chi connectivity index (χ0v) is 19.9. The number of likely N-dealkylation sites (tertiary alicyclic amines) is 3. The number of hydrogen-bond acceptors (Lipinski definition) is 3. The van der Waals surface area contributed by atoms with Gasteiger partial charge in [-0.05, 0) is 82.4 Å². The zero-order chi connectivity index (χ0) is 22.3. The molecule has 0 radical (unpaired) electrons. The quantitative estimate of drug-likeness (QED) is 0.677. The minimum absolute atomic E-state index is 0.191. The molecule has 3 fully saturated rings. The second-order valence-electron chi connectivity index (χ2n) is 10.4. The molecule has 0 aliphatic carbocycles. The topological polar surface area (TPSA) is 43.9 Å². The average Bonchev–Trinajstić information content (AvgIpc) is 2.83. The molecule has 5 nitrogen and oxygen atoms in total. The number of nitrogens with zero attached hydrogens (tertiary/aromatic N) is 3. The molecule has 5 heteroatoms. The zero-order valence-electron chi connectivity index (χ0n) is 19.9. The van der Waals surface area contributed by atoms with Crippen LogP contribution >= 0.6 is 0 Å². The van der Waals surface area contributed by atoms with Crippen LogP contribution in [0.4, 0.5) is 0 Å². The Kier molecular flexibility index (Phi) is 8.23. The van der Waals surface area contributed by atoms with Gasteiger partial charge in [0, 0.05) is 39.1 Å². The van der Waals surface area contributed by atoms with E-state index in [1.807, 2.05) is 0 Å². The largest absolute Gasteiger partial charge is 0.343 e. The maximum absolute atomic E-state index is 12.9. The molecule has 0 spiro atoms. The summed E-state index contributed by atoms with van der Waals surface area (Å²) in [6.07, 6.45) is 9.33. The minimum atomic E-state index is 0.191. The number of hydrogen-bond donors (Lipinski definition) is 0. The van der Waals surface area contributed by atoms with Crippen LogP contribution in [-0.4, -0.2) is 72.8 Å². The van der Waals surface area contributed by atoms with Crippen molar-refractivity contribution >= 4 is 11.8 Å². The van der Waals surface area contributed by atoms with Crippen molar-refractivity contribution < 1.29 is 9.59 Å². The third-order valence-electron chi connectivity index (χ3n) is 8.00. The highest BCUT2D eigenvalue weighted by atomic mass is 16.2. The van der Waals surface area contributed by atoms with E-state index in [-0.39, 0.29) is 5.92 Å². The van der Waals surface area contributed by atoms with Crippen LogP contribution in [0.2, 0.25) is 0 Å². The molecule has 4 rings (SSSR count). The average molecular weight is 440 g/mol. The van der Waals surface area contributed by atoms with Crippen molar-refractivity contribution in [2.45, 2.75) is 57.8 Å². The van der Waals surface area contributed by atoms with E-state index in [1.54, 1.807) is 0 Å². The van der Waals surface area contributed by atoms with Gasteiger partial charge in [-0.2, -0.15) is 0 Å². The summed E-state index contributed by atoms with van der Waals surface area (Å²) in [5.74, 6) is 2.19. The molecule has 176 valence electrons. The van der Waals surface area contributed by atoms with Gasteiger partial charge in [0.15, 0.2) is 0 Å². The number of piperidine rings is 3. The lowest BCUT2D eigenvalue weighted by atomic mass is 9.89. The SMILES string of the molecule is CN1CCC[C@@H](C(=O)N2CCC(CCC(=O)N3CCC(Cc4ccccc4)CC3)CC2)C1. The number of amides is 2. The standard InChI is InChI=1S/C27H41N3O2/c1-28-15-5-8-25(21-28)27(32)30-18-11-22(12-19-30)9-10-26(31)29-16-13-24(14-17-29)20-23-6-3-2-4-7-23/h2-4,6-7,22,24-25H,5,8-21H2,1H3/t25-/m1/s1. The first-order valence-corrected chi connectivity index (χ1v) is 12.9. The molecule has 0 aromatic heterocycles. The van der Waals surface area contributed by atoms with Crippen molar-refractivity contribution in [1.29, 1.82) is 0 Å². The Bertz CT molecular complexity index is 737. The number of carbonyl (C=O) groups excluding carboxylic acids is 2.